The highest BCUT2D eigenvalue weighted by Gasteiger charge is 2.18. The zero-order chi connectivity index (χ0) is 10.7. The van der Waals surface area contributed by atoms with Crippen molar-refractivity contribution in [3.05, 3.63) is 35.8 Å². The molecule has 0 spiro atoms. The number of nitrogens with one attached hydrogen (secondary N) is 2. The Morgan fingerprint density at radius 3 is 2.73 bits per heavy atom. The second kappa shape index (κ2) is 3.91. The Bertz CT molecular complexity index is 426. The van der Waals surface area contributed by atoms with Crippen LogP contribution in [0.15, 0.2) is 30.2 Å². The maximum Gasteiger partial charge on any atom is 0.268 e. The zero-order valence-electron chi connectivity index (χ0n) is 7.86. The molecule has 0 radical (unpaired) electrons. The molecule has 5 heteroatoms. The van der Waals surface area contributed by atoms with E-state index in [1.54, 1.807) is 30.6 Å². The third kappa shape index (κ3) is 2.19. The fourth-order valence-corrected chi connectivity index (χ4v) is 1.23. The van der Waals surface area contributed by atoms with Crippen LogP contribution in [-0.2, 0) is 9.59 Å². The van der Waals surface area contributed by atoms with Crippen molar-refractivity contribution in [1.82, 2.24) is 15.6 Å². The Morgan fingerprint density at radius 2 is 2.00 bits per heavy atom. The number of amides is 2. The number of carbonyl (C=O) groups excluding carboxylic acids is 2. The average molecular weight is 203 g/mol. The average Bonchev–Trinajstić information content (AvgIpc) is 2.25. The smallest absolute Gasteiger partial charge is 0.268 e. The van der Waals surface area contributed by atoms with Gasteiger partial charge < -0.3 is 10.6 Å². The van der Waals surface area contributed by atoms with Crippen LogP contribution in [0.2, 0.25) is 0 Å². The van der Waals surface area contributed by atoms with Crippen LogP contribution in [0.1, 0.15) is 5.56 Å². The van der Waals surface area contributed by atoms with Gasteiger partial charge in [-0.25, -0.2) is 0 Å². The van der Waals surface area contributed by atoms with Crippen LogP contribution >= 0.6 is 0 Å². The Labute approximate surface area is 86.2 Å². The van der Waals surface area contributed by atoms with Gasteiger partial charge in [-0.05, 0) is 23.8 Å². The molecule has 1 saturated heterocycles. The number of pyridine rings is 1. The van der Waals surface area contributed by atoms with E-state index in [1.807, 2.05) is 0 Å². The van der Waals surface area contributed by atoms with Gasteiger partial charge in [0.05, 0.1) is 6.54 Å². The van der Waals surface area contributed by atoms with E-state index in [0.717, 1.165) is 5.56 Å². The molecule has 5 nitrogen and oxygen atoms in total. The summed E-state index contributed by atoms with van der Waals surface area (Å²) in [6, 6.07) is 3.50. The summed E-state index contributed by atoms with van der Waals surface area (Å²) in [5.41, 5.74) is 1.08. The number of carbonyl (C=O) groups is 2. The highest BCUT2D eigenvalue weighted by molar-refractivity contribution is 6.05. The SMILES string of the molecule is O=C1CNC(=O)C(=Cc2ccncc2)N1. The topological polar surface area (TPSA) is 71.1 Å². The van der Waals surface area contributed by atoms with Crippen molar-refractivity contribution in [2.45, 2.75) is 0 Å². The van der Waals surface area contributed by atoms with Gasteiger partial charge in [0.25, 0.3) is 5.91 Å². The molecule has 0 bridgehead atoms. The van der Waals surface area contributed by atoms with Gasteiger partial charge in [-0.15, -0.1) is 0 Å². The minimum absolute atomic E-state index is 0.0342. The Hall–Kier alpha value is -2.17. The van der Waals surface area contributed by atoms with Gasteiger partial charge in [0.1, 0.15) is 5.70 Å². The second-order valence-electron chi connectivity index (χ2n) is 3.07. The molecule has 2 heterocycles. The first-order valence-corrected chi connectivity index (χ1v) is 4.45. The first kappa shape index (κ1) is 9.39. The largest absolute Gasteiger partial charge is 0.342 e. The Kier molecular flexibility index (Phi) is 2.45. The standard InChI is InChI=1S/C10H9N3O2/c14-9-6-12-10(15)8(13-9)5-7-1-3-11-4-2-7/h1-5H,6H2,(H,12,15)(H,13,14). The fraction of sp³-hybridized carbons (Fsp3) is 0.100. The molecule has 1 aromatic heterocycles. The highest BCUT2D eigenvalue weighted by Crippen LogP contribution is 2.05. The van der Waals surface area contributed by atoms with Crippen molar-refractivity contribution >= 4 is 17.9 Å². The molecular weight excluding hydrogens is 194 g/mol. The molecule has 2 rings (SSSR count). The van der Waals surface area contributed by atoms with E-state index in [9.17, 15) is 9.59 Å². The van der Waals surface area contributed by atoms with Crippen LogP contribution in [0.4, 0.5) is 0 Å². The van der Waals surface area contributed by atoms with E-state index in [2.05, 4.69) is 15.6 Å². The predicted molar refractivity (Wildman–Crippen MR) is 53.4 cm³/mol. The first-order valence-electron chi connectivity index (χ1n) is 4.45. The Balaban J connectivity index is 2.25. The van der Waals surface area contributed by atoms with Crippen molar-refractivity contribution in [1.29, 1.82) is 0 Å². The van der Waals surface area contributed by atoms with Crippen LogP contribution in [0, 0.1) is 0 Å². The molecule has 0 aliphatic carbocycles. The Morgan fingerprint density at radius 1 is 1.27 bits per heavy atom. The van der Waals surface area contributed by atoms with E-state index in [-0.39, 0.29) is 24.1 Å². The molecule has 2 N–H and O–H groups in total. The molecular formula is C10H9N3O2. The summed E-state index contributed by atoms with van der Waals surface area (Å²) in [6.45, 7) is 0.0342. The van der Waals surface area contributed by atoms with E-state index in [4.69, 9.17) is 0 Å². The number of hydrogen-bond acceptors (Lipinski definition) is 3. The zero-order valence-corrected chi connectivity index (χ0v) is 7.86. The monoisotopic (exact) mass is 203 g/mol. The number of nitrogens with zero attached hydrogens (tertiary/aromatic N) is 1. The molecule has 1 aliphatic heterocycles. The highest BCUT2D eigenvalue weighted by atomic mass is 16.2. The van der Waals surface area contributed by atoms with Crippen molar-refractivity contribution in [3.63, 3.8) is 0 Å². The van der Waals surface area contributed by atoms with Crippen molar-refractivity contribution in [3.8, 4) is 0 Å². The first-order chi connectivity index (χ1) is 7.25. The van der Waals surface area contributed by atoms with Gasteiger partial charge in [0, 0.05) is 12.4 Å². The molecule has 0 aromatic carbocycles. The molecule has 1 fully saturated rings. The lowest BCUT2D eigenvalue weighted by Crippen LogP contribution is -2.46. The molecule has 0 saturated carbocycles. The minimum Gasteiger partial charge on any atom is -0.342 e. The summed E-state index contributed by atoms with van der Waals surface area (Å²) in [4.78, 5) is 26.2. The molecule has 1 aromatic rings. The lowest BCUT2D eigenvalue weighted by atomic mass is 10.2. The number of aromatic nitrogens is 1. The second-order valence-corrected chi connectivity index (χ2v) is 3.07. The van der Waals surface area contributed by atoms with Crippen LogP contribution < -0.4 is 10.6 Å². The number of piperazine rings is 1. The molecule has 2 amide bonds. The maximum absolute atomic E-state index is 11.3. The van der Waals surface area contributed by atoms with Gasteiger partial charge in [-0.2, -0.15) is 0 Å². The van der Waals surface area contributed by atoms with Crippen LogP contribution in [0.5, 0.6) is 0 Å². The molecule has 76 valence electrons. The summed E-state index contributed by atoms with van der Waals surface area (Å²) in [5, 5.41) is 4.97. The van der Waals surface area contributed by atoms with E-state index >= 15 is 0 Å². The summed E-state index contributed by atoms with van der Waals surface area (Å²) in [7, 11) is 0. The van der Waals surface area contributed by atoms with Crippen LogP contribution in [0.3, 0.4) is 0 Å². The predicted octanol–water partition coefficient (Wildman–Crippen LogP) is -0.331. The quantitative estimate of drug-likeness (QED) is 0.614. The van der Waals surface area contributed by atoms with Crippen molar-refractivity contribution < 1.29 is 9.59 Å². The van der Waals surface area contributed by atoms with E-state index in [0.29, 0.717) is 0 Å². The molecule has 0 unspecified atom stereocenters. The third-order valence-electron chi connectivity index (χ3n) is 1.95. The van der Waals surface area contributed by atoms with Crippen LogP contribution in [-0.4, -0.2) is 23.3 Å². The van der Waals surface area contributed by atoms with Gasteiger partial charge in [0.15, 0.2) is 0 Å². The van der Waals surface area contributed by atoms with Crippen molar-refractivity contribution in [2.75, 3.05) is 6.54 Å². The lowest BCUT2D eigenvalue weighted by molar-refractivity contribution is -0.127. The van der Waals surface area contributed by atoms with Crippen LogP contribution in [0.25, 0.3) is 6.08 Å². The fourth-order valence-electron chi connectivity index (χ4n) is 1.23. The third-order valence-corrected chi connectivity index (χ3v) is 1.95. The van der Waals surface area contributed by atoms with Gasteiger partial charge in [-0.1, -0.05) is 0 Å². The van der Waals surface area contributed by atoms with Gasteiger partial charge >= 0.3 is 0 Å². The van der Waals surface area contributed by atoms with Gasteiger partial charge in [0.2, 0.25) is 5.91 Å². The molecule has 1 aliphatic rings. The number of rotatable bonds is 1. The lowest BCUT2D eigenvalue weighted by Gasteiger charge is -2.15. The number of hydrogen-bond donors (Lipinski definition) is 2. The molecule has 15 heavy (non-hydrogen) atoms. The summed E-state index contributed by atoms with van der Waals surface area (Å²) in [5.74, 6) is -0.485. The minimum atomic E-state index is -0.272. The van der Waals surface area contributed by atoms with Gasteiger partial charge in [-0.3, -0.25) is 14.6 Å². The summed E-state index contributed by atoms with van der Waals surface area (Å²) < 4.78 is 0. The summed E-state index contributed by atoms with van der Waals surface area (Å²) in [6.07, 6.45) is 4.85. The summed E-state index contributed by atoms with van der Waals surface area (Å²) >= 11 is 0. The van der Waals surface area contributed by atoms with Crippen molar-refractivity contribution in [2.24, 2.45) is 0 Å². The maximum atomic E-state index is 11.3. The van der Waals surface area contributed by atoms with E-state index in [1.165, 1.54) is 0 Å². The van der Waals surface area contributed by atoms with E-state index < -0.39 is 0 Å². The normalized spacial score (nSPS) is 18.5. The molecule has 0 atom stereocenters.